The van der Waals surface area contributed by atoms with Crippen LogP contribution < -0.4 is 10.1 Å². The molecule has 25 heavy (non-hydrogen) atoms. The molecule has 3 aromatic rings. The molecule has 0 radical (unpaired) electrons. The van der Waals surface area contributed by atoms with E-state index in [1.807, 2.05) is 34.9 Å². The van der Waals surface area contributed by atoms with E-state index in [9.17, 15) is 4.79 Å². The Morgan fingerprint density at radius 1 is 1.32 bits per heavy atom. The smallest absolute Gasteiger partial charge is 0.234 e. The van der Waals surface area contributed by atoms with Gasteiger partial charge in [-0.3, -0.25) is 4.79 Å². The van der Waals surface area contributed by atoms with Crippen molar-refractivity contribution in [1.82, 2.24) is 14.8 Å². The lowest BCUT2D eigenvalue weighted by Crippen LogP contribution is -2.14. The summed E-state index contributed by atoms with van der Waals surface area (Å²) in [4.78, 5) is 13.4. The van der Waals surface area contributed by atoms with Crippen LogP contribution in [0.3, 0.4) is 0 Å². The van der Waals surface area contributed by atoms with E-state index in [4.69, 9.17) is 4.74 Å². The molecule has 130 valence electrons. The Hall–Kier alpha value is -2.32. The number of ether oxygens (including phenoxy) is 1. The van der Waals surface area contributed by atoms with Crippen LogP contribution in [0.1, 0.15) is 4.88 Å². The minimum atomic E-state index is -0.0806. The molecule has 0 aliphatic rings. The maximum Gasteiger partial charge on any atom is 0.234 e. The molecule has 3 rings (SSSR count). The molecule has 0 fully saturated rings. The molecule has 0 spiro atoms. The van der Waals surface area contributed by atoms with Crippen molar-refractivity contribution in [1.29, 1.82) is 0 Å². The third-order valence-corrected chi connectivity index (χ3v) is 5.38. The second-order valence-corrected chi connectivity index (χ2v) is 7.18. The summed E-state index contributed by atoms with van der Waals surface area (Å²) in [6, 6.07) is 11.4. The average Bonchev–Trinajstić information content (AvgIpc) is 3.30. The number of carbonyl (C=O) groups is 1. The van der Waals surface area contributed by atoms with E-state index in [-0.39, 0.29) is 11.7 Å². The highest BCUT2D eigenvalue weighted by Crippen LogP contribution is 2.18. The number of aryl methyl sites for hydroxylation is 2. The number of methoxy groups -OCH3 is 1. The molecule has 2 heterocycles. The first-order chi connectivity index (χ1) is 12.2. The van der Waals surface area contributed by atoms with E-state index in [0.717, 1.165) is 29.6 Å². The van der Waals surface area contributed by atoms with Crippen molar-refractivity contribution < 1.29 is 9.53 Å². The normalized spacial score (nSPS) is 10.6. The SMILES string of the molecule is COc1ccc(NC(=O)CSc2nncn2CCc2cccs2)cc1. The fourth-order valence-corrected chi connectivity index (χ4v) is 3.64. The molecule has 1 aromatic carbocycles. The number of hydrogen-bond donors (Lipinski definition) is 1. The second-order valence-electron chi connectivity index (χ2n) is 5.20. The van der Waals surface area contributed by atoms with Gasteiger partial charge in [0.25, 0.3) is 0 Å². The van der Waals surface area contributed by atoms with Gasteiger partial charge in [0.1, 0.15) is 12.1 Å². The molecule has 6 nitrogen and oxygen atoms in total. The summed E-state index contributed by atoms with van der Waals surface area (Å²) in [5.41, 5.74) is 0.741. The van der Waals surface area contributed by atoms with Crippen LogP contribution in [-0.2, 0) is 17.8 Å². The molecule has 0 aliphatic carbocycles. The molecule has 0 saturated heterocycles. The van der Waals surface area contributed by atoms with Crippen LogP contribution in [0.2, 0.25) is 0 Å². The first kappa shape index (κ1) is 17.5. The molecule has 2 aromatic heterocycles. The van der Waals surface area contributed by atoms with Gasteiger partial charge >= 0.3 is 0 Å². The Balaban J connectivity index is 1.49. The van der Waals surface area contributed by atoms with Crippen LogP contribution in [0.4, 0.5) is 5.69 Å². The van der Waals surface area contributed by atoms with E-state index >= 15 is 0 Å². The standard InChI is InChI=1S/C17H18N4O2S2/c1-23-14-6-4-13(5-7-14)19-16(22)11-25-17-20-18-12-21(17)9-8-15-3-2-10-24-15/h2-7,10,12H,8-9,11H2,1H3,(H,19,22). The summed E-state index contributed by atoms with van der Waals surface area (Å²) < 4.78 is 7.08. The summed E-state index contributed by atoms with van der Waals surface area (Å²) in [7, 11) is 1.61. The minimum Gasteiger partial charge on any atom is -0.497 e. The number of carbonyl (C=O) groups excluding carboxylic acids is 1. The van der Waals surface area contributed by atoms with Gasteiger partial charge in [0.05, 0.1) is 12.9 Å². The quantitative estimate of drug-likeness (QED) is 0.613. The molecule has 0 bridgehead atoms. The fourth-order valence-electron chi connectivity index (χ4n) is 2.20. The van der Waals surface area contributed by atoms with E-state index in [1.54, 1.807) is 24.8 Å². The van der Waals surface area contributed by atoms with Gasteiger partial charge < -0.3 is 14.6 Å². The molecule has 1 amide bonds. The number of benzene rings is 1. The number of nitrogens with zero attached hydrogens (tertiary/aromatic N) is 3. The number of nitrogens with one attached hydrogen (secondary N) is 1. The van der Waals surface area contributed by atoms with Crippen LogP contribution in [-0.4, -0.2) is 33.5 Å². The topological polar surface area (TPSA) is 69.0 Å². The maximum atomic E-state index is 12.1. The van der Waals surface area contributed by atoms with Crippen LogP contribution in [0.15, 0.2) is 53.3 Å². The van der Waals surface area contributed by atoms with Gasteiger partial charge in [0.15, 0.2) is 5.16 Å². The van der Waals surface area contributed by atoms with Gasteiger partial charge in [-0.05, 0) is 42.1 Å². The van der Waals surface area contributed by atoms with Crippen LogP contribution in [0, 0.1) is 0 Å². The Morgan fingerprint density at radius 2 is 2.16 bits per heavy atom. The van der Waals surface area contributed by atoms with E-state index in [2.05, 4.69) is 27.0 Å². The van der Waals surface area contributed by atoms with E-state index in [1.165, 1.54) is 16.6 Å². The highest BCUT2D eigenvalue weighted by molar-refractivity contribution is 7.99. The average molecular weight is 374 g/mol. The number of amides is 1. The van der Waals surface area contributed by atoms with Gasteiger partial charge in [-0.25, -0.2) is 0 Å². The van der Waals surface area contributed by atoms with Crippen molar-refractivity contribution in [2.45, 2.75) is 18.1 Å². The fraction of sp³-hybridized carbons (Fsp3) is 0.235. The second kappa shape index (κ2) is 8.68. The number of rotatable bonds is 8. The van der Waals surface area contributed by atoms with E-state index < -0.39 is 0 Å². The molecule has 8 heteroatoms. The summed E-state index contributed by atoms with van der Waals surface area (Å²) in [5.74, 6) is 0.957. The monoisotopic (exact) mass is 374 g/mol. The van der Waals surface area contributed by atoms with E-state index in [0.29, 0.717) is 0 Å². The van der Waals surface area contributed by atoms with Crippen molar-refractivity contribution in [3.63, 3.8) is 0 Å². The van der Waals surface area contributed by atoms with Gasteiger partial charge in [-0.15, -0.1) is 21.5 Å². The van der Waals surface area contributed by atoms with Crippen LogP contribution in [0.25, 0.3) is 0 Å². The number of thiophene rings is 1. The molecular weight excluding hydrogens is 356 g/mol. The lowest BCUT2D eigenvalue weighted by Gasteiger charge is -2.07. The van der Waals surface area contributed by atoms with Gasteiger partial charge in [-0.2, -0.15) is 0 Å². The van der Waals surface area contributed by atoms with Crippen molar-refractivity contribution in [3.8, 4) is 5.75 Å². The molecular formula is C17H18N4O2S2. The van der Waals surface area contributed by atoms with Crippen molar-refractivity contribution >= 4 is 34.7 Å². The summed E-state index contributed by atoms with van der Waals surface area (Å²) >= 11 is 3.12. The molecule has 0 saturated carbocycles. The third-order valence-electron chi connectivity index (χ3n) is 3.47. The van der Waals surface area contributed by atoms with Crippen LogP contribution >= 0.6 is 23.1 Å². The Morgan fingerprint density at radius 3 is 2.88 bits per heavy atom. The Kier molecular flexibility index (Phi) is 6.08. The van der Waals surface area contributed by atoms with Crippen molar-refractivity contribution in [2.24, 2.45) is 0 Å². The first-order valence-corrected chi connectivity index (χ1v) is 9.58. The summed E-state index contributed by atoms with van der Waals surface area (Å²) in [6.07, 6.45) is 2.64. The first-order valence-electron chi connectivity index (χ1n) is 7.71. The number of aromatic nitrogens is 3. The largest absolute Gasteiger partial charge is 0.497 e. The molecule has 0 atom stereocenters. The molecule has 1 N–H and O–H groups in total. The number of hydrogen-bond acceptors (Lipinski definition) is 6. The highest BCUT2D eigenvalue weighted by atomic mass is 32.2. The number of anilines is 1. The Bertz CT molecular complexity index is 800. The summed E-state index contributed by atoms with van der Waals surface area (Å²) in [6.45, 7) is 0.802. The lowest BCUT2D eigenvalue weighted by molar-refractivity contribution is -0.113. The molecule has 0 unspecified atom stereocenters. The zero-order valence-corrected chi connectivity index (χ0v) is 15.3. The zero-order chi connectivity index (χ0) is 17.5. The van der Waals surface area contributed by atoms with Gasteiger partial charge in [0, 0.05) is 17.1 Å². The minimum absolute atomic E-state index is 0.0806. The Labute approximate surface area is 154 Å². The van der Waals surface area contributed by atoms with Crippen molar-refractivity contribution in [2.75, 3.05) is 18.2 Å². The van der Waals surface area contributed by atoms with Crippen LogP contribution in [0.5, 0.6) is 5.75 Å². The summed E-state index contributed by atoms with van der Waals surface area (Å²) in [5, 5.41) is 13.7. The number of thioether (sulfide) groups is 1. The maximum absolute atomic E-state index is 12.1. The predicted octanol–water partition coefficient (Wildman–Crippen LogP) is 3.32. The zero-order valence-electron chi connectivity index (χ0n) is 13.7. The van der Waals surface area contributed by atoms with Crippen molar-refractivity contribution in [3.05, 3.63) is 53.0 Å². The molecule has 0 aliphatic heterocycles. The third kappa shape index (κ3) is 5.07. The lowest BCUT2D eigenvalue weighted by atomic mass is 10.3. The highest BCUT2D eigenvalue weighted by Gasteiger charge is 2.09. The van der Waals surface area contributed by atoms with Gasteiger partial charge in [-0.1, -0.05) is 17.8 Å². The predicted molar refractivity (Wildman–Crippen MR) is 100 cm³/mol. The van der Waals surface area contributed by atoms with Gasteiger partial charge in [0.2, 0.25) is 5.91 Å².